The SMILES string of the molecule is Cc1ccc(F)c(C[C@H](NC(=O)OC(C)(C)C)C(=O)O)c1F. The van der Waals surface area contributed by atoms with Crippen LogP contribution in [0, 0.1) is 18.6 Å². The van der Waals surface area contributed by atoms with E-state index in [-0.39, 0.29) is 11.1 Å². The van der Waals surface area contributed by atoms with Crippen molar-refractivity contribution >= 4 is 12.1 Å². The van der Waals surface area contributed by atoms with Crippen LogP contribution >= 0.6 is 0 Å². The smallest absolute Gasteiger partial charge is 0.408 e. The van der Waals surface area contributed by atoms with E-state index in [1.54, 1.807) is 20.8 Å². The third-order valence-electron chi connectivity index (χ3n) is 2.78. The first kappa shape index (κ1) is 17.9. The number of amides is 1. The molecule has 0 heterocycles. The zero-order valence-corrected chi connectivity index (χ0v) is 12.9. The predicted octanol–water partition coefficient (Wildman–Crippen LogP) is 2.79. The lowest BCUT2D eigenvalue weighted by Gasteiger charge is -2.22. The molecular formula is C15H19F2NO4. The molecule has 0 aliphatic rings. The van der Waals surface area contributed by atoms with Gasteiger partial charge in [0, 0.05) is 12.0 Å². The second kappa shape index (κ2) is 6.72. The van der Waals surface area contributed by atoms with Gasteiger partial charge in [0.2, 0.25) is 0 Å². The molecule has 1 atom stereocenters. The molecule has 122 valence electrons. The Labute approximate surface area is 127 Å². The number of halogens is 2. The second-order valence-corrected chi connectivity index (χ2v) is 5.90. The van der Waals surface area contributed by atoms with Gasteiger partial charge >= 0.3 is 12.1 Å². The monoisotopic (exact) mass is 315 g/mol. The number of carbonyl (C=O) groups is 2. The molecule has 1 aromatic carbocycles. The van der Waals surface area contributed by atoms with Crippen molar-refractivity contribution in [3.8, 4) is 0 Å². The molecule has 0 unspecified atom stereocenters. The van der Waals surface area contributed by atoms with Gasteiger partial charge in [-0.3, -0.25) is 0 Å². The molecule has 0 radical (unpaired) electrons. The molecule has 0 aliphatic carbocycles. The summed E-state index contributed by atoms with van der Waals surface area (Å²) in [6.45, 7) is 6.28. The topological polar surface area (TPSA) is 75.6 Å². The first-order valence-electron chi connectivity index (χ1n) is 6.67. The molecule has 5 nitrogen and oxygen atoms in total. The van der Waals surface area contributed by atoms with Crippen LogP contribution in [0.15, 0.2) is 12.1 Å². The van der Waals surface area contributed by atoms with Crippen LogP contribution in [0.5, 0.6) is 0 Å². The molecule has 0 saturated heterocycles. The van der Waals surface area contributed by atoms with E-state index in [1.165, 1.54) is 13.0 Å². The fourth-order valence-electron chi connectivity index (χ4n) is 1.76. The number of alkyl carbamates (subject to hydrolysis) is 1. The van der Waals surface area contributed by atoms with Gasteiger partial charge in [0.1, 0.15) is 23.3 Å². The Bertz CT molecular complexity index is 582. The van der Waals surface area contributed by atoms with Gasteiger partial charge in [-0.15, -0.1) is 0 Å². The summed E-state index contributed by atoms with van der Waals surface area (Å²) >= 11 is 0. The lowest BCUT2D eigenvalue weighted by Crippen LogP contribution is -2.45. The Morgan fingerprint density at radius 2 is 1.91 bits per heavy atom. The van der Waals surface area contributed by atoms with Gasteiger partial charge in [0.05, 0.1) is 0 Å². The molecule has 0 saturated carbocycles. The normalized spacial score (nSPS) is 12.6. The first-order chi connectivity index (χ1) is 10.0. The number of aliphatic carboxylic acids is 1. The third kappa shape index (κ3) is 4.98. The van der Waals surface area contributed by atoms with Gasteiger partial charge in [-0.2, -0.15) is 0 Å². The summed E-state index contributed by atoms with van der Waals surface area (Å²) in [5.41, 5.74) is -1.01. The Balaban J connectivity index is 2.93. The zero-order chi connectivity index (χ0) is 17.1. The highest BCUT2D eigenvalue weighted by Gasteiger charge is 2.26. The zero-order valence-electron chi connectivity index (χ0n) is 12.9. The highest BCUT2D eigenvalue weighted by atomic mass is 19.1. The molecule has 1 aromatic rings. The summed E-state index contributed by atoms with van der Waals surface area (Å²) in [7, 11) is 0. The van der Waals surface area contributed by atoms with E-state index in [0.717, 1.165) is 6.07 Å². The van der Waals surface area contributed by atoms with Gasteiger partial charge in [-0.1, -0.05) is 6.07 Å². The van der Waals surface area contributed by atoms with E-state index in [1.807, 2.05) is 0 Å². The van der Waals surface area contributed by atoms with Crippen LogP contribution in [0.3, 0.4) is 0 Å². The fraction of sp³-hybridized carbons (Fsp3) is 0.467. The molecule has 7 heteroatoms. The van der Waals surface area contributed by atoms with Crippen molar-refractivity contribution in [1.29, 1.82) is 0 Å². The third-order valence-corrected chi connectivity index (χ3v) is 2.78. The lowest BCUT2D eigenvalue weighted by molar-refractivity contribution is -0.139. The minimum absolute atomic E-state index is 0.192. The maximum absolute atomic E-state index is 13.9. The highest BCUT2D eigenvalue weighted by molar-refractivity contribution is 5.80. The number of carboxylic acid groups (broad SMARTS) is 1. The van der Waals surface area contributed by atoms with E-state index >= 15 is 0 Å². The van der Waals surface area contributed by atoms with Crippen LogP contribution in [-0.4, -0.2) is 28.8 Å². The van der Waals surface area contributed by atoms with Crippen molar-refractivity contribution in [1.82, 2.24) is 5.32 Å². The molecule has 0 aromatic heterocycles. The minimum Gasteiger partial charge on any atom is -0.480 e. The minimum atomic E-state index is -1.50. The average molecular weight is 315 g/mol. The average Bonchev–Trinajstić information content (AvgIpc) is 2.35. The quantitative estimate of drug-likeness (QED) is 0.896. The molecule has 0 fully saturated rings. The van der Waals surface area contributed by atoms with Crippen molar-refractivity contribution < 1.29 is 28.2 Å². The number of nitrogens with one attached hydrogen (secondary N) is 1. The molecular weight excluding hydrogens is 296 g/mol. The summed E-state index contributed by atoms with van der Waals surface area (Å²) in [6, 6.07) is 0.811. The van der Waals surface area contributed by atoms with E-state index < -0.39 is 41.8 Å². The van der Waals surface area contributed by atoms with E-state index in [2.05, 4.69) is 5.32 Å². The maximum Gasteiger partial charge on any atom is 0.408 e. The largest absolute Gasteiger partial charge is 0.480 e. The van der Waals surface area contributed by atoms with Gasteiger partial charge in [0.15, 0.2) is 0 Å². The Kier molecular flexibility index (Phi) is 5.46. The molecule has 0 spiro atoms. The van der Waals surface area contributed by atoms with Gasteiger partial charge < -0.3 is 15.2 Å². The number of ether oxygens (including phenoxy) is 1. The molecule has 22 heavy (non-hydrogen) atoms. The van der Waals surface area contributed by atoms with Crippen LogP contribution in [0.1, 0.15) is 31.9 Å². The van der Waals surface area contributed by atoms with E-state index in [4.69, 9.17) is 9.84 Å². The molecule has 0 aliphatic heterocycles. The number of hydrogen-bond donors (Lipinski definition) is 2. The summed E-state index contributed by atoms with van der Waals surface area (Å²) in [5, 5.41) is 11.2. The molecule has 1 amide bonds. The summed E-state index contributed by atoms with van der Waals surface area (Å²) in [4.78, 5) is 22.8. The molecule has 2 N–H and O–H groups in total. The van der Waals surface area contributed by atoms with Crippen molar-refractivity contribution in [3.05, 3.63) is 34.9 Å². The summed E-state index contributed by atoms with van der Waals surface area (Å²) < 4.78 is 32.5. The number of rotatable bonds is 4. The van der Waals surface area contributed by atoms with Crippen LogP contribution in [0.25, 0.3) is 0 Å². The molecule has 1 rings (SSSR count). The van der Waals surface area contributed by atoms with Crippen molar-refractivity contribution in [2.24, 2.45) is 0 Å². The van der Waals surface area contributed by atoms with E-state index in [9.17, 15) is 18.4 Å². The summed E-state index contributed by atoms with van der Waals surface area (Å²) in [6.07, 6.45) is -1.48. The Hall–Kier alpha value is -2.18. The number of hydrogen-bond acceptors (Lipinski definition) is 3. The van der Waals surface area contributed by atoms with Crippen LogP contribution in [-0.2, 0) is 16.0 Å². The van der Waals surface area contributed by atoms with E-state index in [0.29, 0.717) is 0 Å². The predicted molar refractivity (Wildman–Crippen MR) is 75.6 cm³/mol. The summed E-state index contributed by atoms with van der Waals surface area (Å²) in [5.74, 6) is -3.09. The van der Waals surface area contributed by atoms with Crippen LogP contribution < -0.4 is 5.32 Å². The van der Waals surface area contributed by atoms with Crippen molar-refractivity contribution in [2.75, 3.05) is 0 Å². The highest BCUT2D eigenvalue weighted by Crippen LogP contribution is 2.18. The number of carbonyl (C=O) groups excluding carboxylic acids is 1. The van der Waals surface area contributed by atoms with Crippen molar-refractivity contribution in [2.45, 2.75) is 45.8 Å². The number of aryl methyl sites for hydroxylation is 1. The van der Waals surface area contributed by atoms with Gasteiger partial charge in [0.25, 0.3) is 0 Å². The maximum atomic E-state index is 13.9. The lowest BCUT2D eigenvalue weighted by atomic mass is 10.0. The molecule has 0 bridgehead atoms. The number of benzene rings is 1. The van der Waals surface area contributed by atoms with Crippen LogP contribution in [0.4, 0.5) is 13.6 Å². The van der Waals surface area contributed by atoms with Crippen molar-refractivity contribution in [3.63, 3.8) is 0 Å². The van der Waals surface area contributed by atoms with Gasteiger partial charge in [-0.05, 0) is 39.3 Å². The fourth-order valence-corrected chi connectivity index (χ4v) is 1.76. The Morgan fingerprint density at radius 3 is 2.41 bits per heavy atom. The van der Waals surface area contributed by atoms with Crippen LogP contribution in [0.2, 0.25) is 0 Å². The number of carboxylic acids is 1. The first-order valence-corrected chi connectivity index (χ1v) is 6.67. The Morgan fingerprint density at radius 1 is 1.32 bits per heavy atom. The van der Waals surface area contributed by atoms with Gasteiger partial charge in [-0.25, -0.2) is 18.4 Å². The standard InChI is InChI=1S/C15H19F2NO4/c1-8-5-6-10(16)9(12(8)17)7-11(13(19)20)18-14(21)22-15(2,3)4/h5-6,11H,7H2,1-4H3,(H,18,21)(H,19,20)/t11-/m0/s1. The second-order valence-electron chi connectivity index (χ2n) is 5.90.